The van der Waals surface area contributed by atoms with Crippen molar-refractivity contribution in [3.05, 3.63) is 64.7 Å². The summed E-state index contributed by atoms with van der Waals surface area (Å²) in [5.74, 6) is -2.35. The fraction of sp³-hybridized carbons (Fsp3) is 0.520. The van der Waals surface area contributed by atoms with Gasteiger partial charge in [-0.25, -0.2) is 8.78 Å². The van der Waals surface area contributed by atoms with Gasteiger partial charge in [-0.05, 0) is 40.8 Å². The number of aliphatic hydroxyl groups excluding tert-OH is 2. The number of fused-ring (bicyclic) bond motifs is 1. The first kappa shape index (κ1) is 24.0. The molecule has 0 aromatic heterocycles. The topological polar surface area (TPSA) is 56.2 Å². The lowest BCUT2D eigenvalue weighted by Crippen LogP contribution is -2.49. The lowest BCUT2D eigenvalue weighted by atomic mass is 9.87. The van der Waals surface area contributed by atoms with Gasteiger partial charge in [0, 0.05) is 32.1 Å². The minimum absolute atomic E-state index is 0.0673. The zero-order valence-corrected chi connectivity index (χ0v) is 18.6. The quantitative estimate of drug-likeness (QED) is 0.566. The van der Waals surface area contributed by atoms with Gasteiger partial charge in [0.2, 0.25) is 0 Å². The molecule has 1 fully saturated rings. The van der Waals surface area contributed by atoms with E-state index in [1.807, 2.05) is 42.5 Å². The smallest absolute Gasteiger partial charge is 0.283 e. The monoisotopic (exact) mass is 464 g/mol. The van der Waals surface area contributed by atoms with Crippen molar-refractivity contribution in [1.82, 2.24) is 9.80 Å². The van der Waals surface area contributed by atoms with Crippen LogP contribution >= 0.6 is 0 Å². The van der Waals surface area contributed by atoms with E-state index in [1.54, 1.807) is 4.90 Å². The second-order valence-electron chi connectivity index (χ2n) is 9.03. The largest absolute Gasteiger partial charge is 0.492 e. The number of ether oxygens (including phenoxy) is 1. The van der Waals surface area contributed by atoms with E-state index in [4.69, 9.17) is 9.84 Å². The molecule has 2 N–H and O–H groups in total. The number of rotatable bonds is 10. The van der Waals surface area contributed by atoms with Crippen LogP contribution in [0.15, 0.2) is 42.5 Å². The standard InChI is InChI=1S/C25H31F3N2O3/c26-12-19-13-29(14-19)9-10-33-22-4-2-20(3-5-22)24-23-6-1-18(15-31)11-21(23)7-8-30(24)16-25(27,28)17-32/h1-6,11,19,24,31-32H,7-10,12-17H2/t24-/m0/s1. The van der Waals surface area contributed by atoms with Gasteiger partial charge in [-0.1, -0.05) is 30.3 Å². The zero-order valence-electron chi connectivity index (χ0n) is 18.6. The number of hydrogen-bond donors (Lipinski definition) is 2. The van der Waals surface area contributed by atoms with E-state index >= 15 is 0 Å². The summed E-state index contributed by atoms with van der Waals surface area (Å²) in [5, 5.41) is 18.6. The van der Waals surface area contributed by atoms with E-state index in [-0.39, 0.29) is 25.2 Å². The molecule has 1 atom stereocenters. The molecule has 8 heteroatoms. The molecular formula is C25H31F3N2O3. The van der Waals surface area contributed by atoms with Gasteiger partial charge in [0.25, 0.3) is 5.92 Å². The fourth-order valence-corrected chi connectivity index (χ4v) is 4.73. The van der Waals surface area contributed by atoms with Crippen LogP contribution in [0.3, 0.4) is 0 Å². The summed E-state index contributed by atoms with van der Waals surface area (Å²) in [6.07, 6.45) is 0.599. The van der Waals surface area contributed by atoms with E-state index in [0.29, 0.717) is 25.3 Å². The molecule has 2 aliphatic rings. The summed E-state index contributed by atoms with van der Waals surface area (Å²) in [4.78, 5) is 3.86. The second kappa shape index (κ2) is 10.4. The molecule has 2 aromatic rings. The summed E-state index contributed by atoms with van der Waals surface area (Å²) in [6, 6.07) is 12.7. The van der Waals surface area contributed by atoms with Gasteiger partial charge in [-0.15, -0.1) is 0 Å². The molecule has 0 bridgehead atoms. The SMILES string of the molecule is OCc1ccc2c(c1)CCN(CC(F)(F)CO)[C@H]2c1ccc(OCCN2CC(CF)C2)cc1. The van der Waals surface area contributed by atoms with Crippen LogP contribution in [0.1, 0.15) is 28.3 Å². The zero-order chi connectivity index (χ0) is 23.4. The van der Waals surface area contributed by atoms with Crippen LogP contribution < -0.4 is 4.74 Å². The molecule has 180 valence electrons. The summed E-state index contributed by atoms with van der Waals surface area (Å²) in [7, 11) is 0. The van der Waals surface area contributed by atoms with Crippen molar-refractivity contribution < 1.29 is 28.1 Å². The van der Waals surface area contributed by atoms with Crippen LogP contribution in [-0.2, 0) is 13.0 Å². The molecule has 0 radical (unpaired) electrons. The summed E-state index contributed by atoms with van der Waals surface area (Å²) in [5.41, 5.74) is 3.63. The van der Waals surface area contributed by atoms with Crippen molar-refractivity contribution in [3.63, 3.8) is 0 Å². The van der Waals surface area contributed by atoms with E-state index in [0.717, 1.165) is 41.9 Å². The molecular weight excluding hydrogens is 433 g/mol. The molecule has 0 aliphatic carbocycles. The lowest BCUT2D eigenvalue weighted by Gasteiger charge is -2.39. The first-order valence-electron chi connectivity index (χ1n) is 11.4. The molecule has 33 heavy (non-hydrogen) atoms. The Bertz CT molecular complexity index is 920. The van der Waals surface area contributed by atoms with Crippen LogP contribution in [0.2, 0.25) is 0 Å². The molecule has 4 rings (SSSR count). The third kappa shape index (κ3) is 5.69. The summed E-state index contributed by atoms with van der Waals surface area (Å²) in [6.45, 7) is 1.14. The van der Waals surface area contributed by atoms with Gasteiger partial charge in [0.1, 0.15) is 19.0 Å². The molecule has 2 aliphatic heterocycles. The van der Waals surface area contributed by atoms with Gasteiger partial charge in [-0.2, -0.15) is 0 Å². The fourth-order valence-electron chi connectivity index (χ4n) is 4.73. The predicted molar refractivity (Wildman–Crippen MR) is 119 cm³/mol. The third-order valence-electron chi connectivity index (χ3n) is 6.51. The number of hydrogen-bond acceptors (Lipinski definition) is 5. The number of likely N-dealkylation sites (tertiary alicyclic amines) is 1. The molecule has 2 heterocycles. The van der Waals surface area contributed by atoms with Crippen LogP contribution in [0.25, 0.3) is 0 Å². The van der Waals surface area contributed by atoms with Gasteiger partial charge in [0.15, 0.2) is 0 Å². The van der Waals surface area contributed by atoms with E-state index in [2.05, 4.69) is 4.90 Å². The lowest BCUT2D eigenvalue weighted by molar-refractivity contribution is -0.0786. The van der Waals surface area contributed by atoms with Crippen molar-refractivity contribution in [1.29, 1.82) is 0 Å². The molecule has 0 spiro atoms. The van der Waals surface area contributed by atoms with Crippen molar-refractivity contribution in [2.45, 2.75) is 25.0 Å². The van der Waals surface area contributed by atoms with Crippen LogP contribution in [0.5, 0.6) is 5.75 Å². The minimum Gasteiger partial charge on any atom is -0.492 e. The molecule has 5 nitrogen and oxygen atoms in total. The number of benzene rings is 2. The average molecular weight is 465 g/mol. The van der Waals surface area contributed by atoms with Crippen molar-refractivity contribution in [3.8, 4) is 5.75 Å². The van der Waals surface area contributed by atoms with Crippen molar-refractivity contribution in [2.24, 2.45) is 5.92 Å². The molecule has 0 amide bonds. The molecule has 2 aromatic carbocycles. The molecule has 0 saturated carbocycles. The van der Waals surface area contributed by atoms with Crippen molar-refractivity contribution in [2.75, 3.05) is 52.6 Å². The van der Waals surface area contributed by atoms with Crippen LogP contribution in [0, 0.1) is 5.92 Å². The van der Waals surface area contributed by atoms with Gasteiger partial charge < -0.3 is 14.9 Å². The van der Waals surface area contributed by atoms with E-state index in [1.165, 1.54) is 0 Å². The van der Waals surface area contributed by atoms with Crippen LogP contribution in [0.4, 0.5) is 13.2 Å². The minimum atomic E-state index is -3.19. The Morgan fingerprint density at radius 2 is 1.82 bits per heavy atom. The number of halogens is 3. The first-order chi connectivity index (χ1) is 15.9. The molecule has 1 saturated heterocycles. The van der Waals surface area contributed by atoms with Gasteiger partial charge >= 0.3 is 0 Å². The number of alkyl halides is 3. The Morgan fingerprint density at radius 3 is 2.48 bits per heavy atom. The third-order valence-corrected chi connectivity index (χ3v) is 6.51. The Balaban J connectivity index is 1.48. The Labute approximate surface area is 192 Å². The van der Waals surface area contributed by atoms with Crippen LogP contribution in [-0.4, -0.2) is 78.5 Å². The van der Waals surface area contributed by atoms with Crippen molar-refractivity contribution >= 4 is 0 Å². The van der Waals surface area contributed by atoms with E-state index < -0.39 is 19.1 Å². The first-order valence-corrected chi connectivity index (χ1v) is 11.4. The normalized spacial score (nSPS) is 19.8. The Morgan fingerprint density at radius 1 is 1.06 bits per heavy atom. The summed E-state index contributed by atoms with van der Waals surface area (Å²) < 4.78 is 46.6. The maximum atomic E-state index is 14.1. The highest BCUT2D eigenvalue weighted by molar-refractivity contribution is 5.43. The highest BCUT2D eigenvalue weighted by atomic mass is 19.3. The maximum Gasteiger partial charge on any atom is 0.283 e. The highest BCUT2D eigenvalue weighted by Crippen LogP contribution is 2.37. The highest BCUT2D eigenvalue weighted by Gasteiger charge is 2.37. The van der Waals surface area contributed by atoms with E-state index in [9.17, 15) is 18.3 Å². The maximum absolute atomic E-state index is 14.1. The number of nitrogens with zero attached hydrogens (tertiary/aromatic N) is 2. The average Bonchev–Trinajstić information content (AvgIpc) is 2.80. The Hall–Kier alpha value is -2.13. The van der Waals surface area contributed by atoms with Gasteiger partial charge in [-0.3, -0.25) is 14.2 Å². The second-order valence-corrected chi connectivity index (χ2v) is 9.03. The number of aliphatic hydroxyl groups is 2. The van der Waals surface area contributed by atoms with Gasteiger partial charge in [0.05, 0.1) is 25.9 Å². The summed E-state index contributed by atoms with van der Waals surface area (Å²) >= 11 is 0. The predicted octanol–water partition coefficient (Wildman–Crippen LogP) is 3.03. The Kier molecular flexibility index (Phi) is 7.58. The molecule has 0 unspecified atom stereocenters.